The van der Waals surface area contributed by atoms with Gasteiger partial charge in [-0.05, 0) is 36.4 Å². The van der Waals surface area contributed by atoms with E-state index in [2.05, 4.69) is 14.9 Å². The molecule has 11 nitrogen and oxygen atoms in total. The van der Waals surface area contributed by atoms with Gasteiger partial charge in [-0.1, -0.05) is 60.7 Å². The molecular formula is C43H38F2N6O5. The van der Waals surface area contributed by atoms with Crippen molar-refractivity contribution in [3.05, 3.63) is 119 Å². The number of nitrogens with zero attached hydrogens (tertiary/aromatic N) is 6. The summed E-state index contributed by atoms with van der Waals surface area (Å²) in [6, 6.07) is 29.5. The van der Waals surface area contributed by atoms with Crippen molar-refractivity contribution in [1.82, 2.24) is 18.9 Å². The number of benzene rings is 4. The average Bonchev–Trinajstić information content (AvgIpc) is 3.90. The Morgan fingerprint density at radius 2 is 1.00 bits per heavy atom. The number of para-hydroxylation sites is 4. The van der Waals surface area contributed by atoms with Crippen LogP contribution in [0.15, 0.2) is 107 Å². The Labute approximate surface area is 320 Å². The van der Waals surface area contributed by atoms with Crippen LogP contribution in [0.3, 0.4) is 0 Å². The Kier molecular flexibility index (Phi) is 9.07. The van der Waals surface area contributed by atoms with Crippen molar-refractivity contribution in [1.29, 1.82) is 0 Å². The fourth-order valence-corrected chi connectivity index (χ4v) is 7.96. The van der Waals surface area contributed by atoms with E-state index in [1.165, 1.54) is 0 Å². The molecule has 0 radical (unpaired) electrons. The first kappa shape index (κ1) is 35.7. The lowest BCUT2D eigenvalue weighted by molar-refractivity contribution is -0.0605. The lowest BCUT2D eigenvalue weighted by Gasteiger charge is -2.32. The monoisotopic (exact) mass is 756 g/mol. The first-order chi connectivity index (χ1) is 27.2. The van der Waals surface area contributed by atoms with Gasteiger partial charge in [-0.25, -0.2) is 18.8 Å². The highest BCUT2D eigenvalue weighted by Crippen LogP contribution is 2.39. The van der Waals surface area contributed by atoms with E-state index in [4.69, 9.17) is 4.74 Å². The maximum atomic E-state index is 13.5. The number of piperidine rings is 1. The zero-order valence-electron chi connectivity index (χ0n) is 30.4. The number of halogens is 2. The maximum absolute atomic E-state index is 13.5. The van der Waals surface area contributed by atoms with Gasteiger partial charge in [0.2, 0.25) is 23.3 Å². The summed E-state index contributed by atoms with van der Waals surface area (Å²) >= 11 is 0. The van der Waals surface area contributed by atoms with Gasteiger partial charge in [-0.2, -0.15) is 0 Å². The van der Waals surface area contributed by atoms with Crippen LogP contribution in [0.4, 0.5) is 20.2 Å². The summed E-state index contributed by atoms with van der Waals surface area (Å²) in [6.45, 7) is 4.32. The van der Waals surface area contributed by atoms with Gasteiger partial charge in [-0.15, -0.1) is 0 Å². The second-order valence-corrected chi connectivity index (χ2v) is 14.4. The third-order valence-corrected chi connectivity index (χ3v) is 10.9. The number of carbonyl (C=O) groups is 2. The highest BCUT2D eigenvalue weighted by atomic mass is 19.3. The molecule has 4 aliphatic heterocycles. The van der Waals surface area contributed by atoms with E-state index in [0.29, 0.717) is 64.6 Å². The van der Waals surface area contributed by atoms with Gasteiger partial charge in [0, 0.05) is 60.9 Å². The summed E-state index contributed by atoms with van der Waals surface area (Å²) in [5.74, 6) is -2.98. The highest BCUT2D eigenvalue weighted by Gasteiger charge is 2.36. The molecule has 0 spiro atoms. The van der Waals surface area contributed by atoms with Crippen LogP contribution in [0.25, 0.3) is 21.8 Å². The van der Waals surface area contributed by atoms with Crippen LogP contribution in [0.5, 0.6) is 11.8 Å². The highest BCUT2D eigenvalue weighted by molar-refractivity contribution is 6.57. The molecule has 284 valence electrons. The Morgan fingerprint density at radius 3 is 1.46 bits per heavy atom. The van der Waals surface area contributed by atoms with E-state index >= 15 is 0 Å². The molecule has 6 aromatic rings. The molecule has 0 aliphatic carbocycles. The number of ether oxygens (including phenoxy) is 1. The van der Waals surface area contributed by atoms with E-state index < -0.39 is 5.92 Å². The quantitative estimate of drug-likeness (QED) is 0.183. The van der Waals surface area contributed by atoms with Crippen LogP contribution in [0.1, 0.15) is 44.7 Å². The maximum Gasteiger partial charge on any atom is 0.250 e. The first-order valence-electron chi connectivity index (χ1n) is 18.6. The number of alkyl halides is 2. The smallest absolute Gasteiger partial charge is 0.250 e. The molecule has 0 saturated carbocycles. The molecule has 0 amide bonds. The summed E-state index contributed by atoms with van der Waals surface area (Å²) in [4.78, 5) is 39.0. The molecule has 0 bridgehead atoms. The Morgan fingerprint density at radius 1 is 0.589 bits per heavy atom. The lowest BCUT2D eigenvalue weighted by Crippen LogP contribution is -2.40. The van der Waals surface area contributed by atoms with Crippen molar-refractivity contribution in [3.63, 3.8) is 0 Å². The second-order valence-electron chi connectivity index (χ2n) is 14.4. The van der Waals surface area contributed by atoms with Gasteiger partial charge in [0.05, 0.1) is 60.1 Å². The SMILES string of the molecule is O=C1C(c2c(O)n(CN3CCC(F)(F)CC3)c3ccccc23)=Nc2ccccc21.O=C1C(c2c(O)n(CN3CCOCC3)c3ccccc23)=Nc2ccccc21. The molecule has 10 rings (SSSR count). The van der Waals surface area contributed by atoms with Crippen molar-refractivity contribution < 1.29 is 33.3 Å². The number of hydrogen-bond acceptors (Lipinski definition) is 9. The predicted molar refractivity (Wildman–Crippen MR) is 209 cm³/mol. The molecule has 4 aliphatic rings. The minimum absolute atomic E-state index is 0.0663. The van der Waals surface area contributed by atoms with Crippen LogP contribution < -0.4 is 0 Å². The van der Waals surface area contributed by atoms with Gasteiger partial charge in [0.1, 0.15) is 11.4 Å². The molecule has 0 atom stereocenters. The fourth-order valence-electron chi connectivity index (χ4n) is 7.96. The molecule has 2 N–H and O–H groups in total. The molecule has 13 heteroatoms. The number of rotatable bonds is 6. The predicted octanol–water partition coefficient (Wildman–Crippen LogP) is 7.31. The number of Topliss-reactive ketones (excluding diaryl/α,β-unsaturated/α-hetero) is 2. The zero-order valence-corrected chi connectivity index (χ0v) is 30.4. The number of aromatic nitrogens is 2. The van der Waals surface area contributed by atoms with Crippen LogP contribution in [0, 0.1) is 0 Å². The van der Waals surface area contributed by atoms with Crippen molar-refractivity contribution in [3.8, 4) is 11.8 Å². The number of carbonyl (C=O) groups excluding carboxylic acids is 2. The van der Waals surface area contributed by atoms with E-state index in [-0.39, 0.29) is 61.6 Å². The van der Waals surface area contributed by atoms with Gasteiger partial charge in [-0.3, -0.25) is 28.5 Å². The van der Waals surface area contributed by atoms with Gasteiger partial charge < -0.3 is 14.9 Å². The Hall–Kier alpha value is -6.02. The molecule has 6 heterocycles. The minimum atomic E-state index is -2.63. The van der Waals surface area contributed by atoms with Crippen LogP contribution in [-0.4, -0.2) is 97.5 Å². The Bertz CT molecular complexity index is 2590. The van der Waals surface area contributed by atoms with Gasteiger partial charge in [0.25, 0.3) is 5.92 Å². The summed E-state index contributed by atoms with van der Waals surface area (Å²) in [6.07, 6.45) is -0.388. The number of aromatic hydroxyl groups is 2. The normalized spacial score (nSPS) is 18.1. The summed E-state index contributed by atoms with van der Waals surface area (Å²) in [5.41, 5.74) is 5.39. The van der Waals surface area contributed by atoms with Crippen molar-refractivity contribution in [2.75, 3.05) is 39.4 Å². The number of hydrogen-bond donors (Lipinski definition) is 2. The third-order valence-electron chi connectivity index (χ3n) is 10.9. The van der Waals surface area contributed by atoms with E-state index in [0.717, 1.165) is 29.5 Å². The van der Waals surface area contributed by atoms with Gasteiger partial charge in [0.15, 0.2) is 0 Å². The molecule has 2 fully saturated rings. The van der Waals surface area contributed by atoms with E-state index in [1.54, 1.807) is 28.8 Å². The standard InChI is InChI=1S/C22H19F2N3O2.C21H19N3O3/c23-22(24)9-11-26(12-10-22)13-27-17-8-4-2-6-15(17)18(21(27)29)19-20(28)14-5-1-3-7-16(14)25-19;25-20-14-5-1-3-7-16(14)22-19(20)18-15-6-2-4-8-17(15)24(21(18)26)13-23-9-11-27-12-10-23/h1-8,29H,9-13H2;1-8,26H,9-13H2. The number of aliphatic imine (C=N–C) groups is 2. The second kappa shape index (κ2) is 14.2. The summed E-state index contributed by atoms with van der Waals surface area (Å²) in [7, 11) is 0. The molecule has 2 saturated heterocycles. The zero-order chi connectivity index (χ0) is 38.6. The fraction of sp³-hybridized carbons (Fsp3) is 0.256. The Balaban J connectivity index is 0.000000147. The topological polar surface area (TPSA) is 125 Å². The van der Waals surface area contributed by atoms with E-state index in [9.17, 15) is 28.6 Å². The van der Waals surface area contributed by atoms with Crippen LogP contribution >= 0.6 is 0 Å². The van der Waals surface area contributed by atoms with Crippen LogP contribution in [0.2, 0.25) is 0 Å². The number of ketones is 2. The third kappa shape index (κ3) is 6.27. The first-order valence-corrected chi connectivity index (χ1v) is 18.6. The number of morpholine rings is 1. The summed E-state index contributed by atoms with van der Waals surface area (Å²) in [5, 5.41) is 23.7. The molecule has 2 aromatic heterocycles. The largest absolute Gasteiger partial charge is 0.494 e. The van der Waals surface area contributed by atoms with Crippen LogP contribution in [-0.2, 0) is 18.1 Å². The molecule has 0 unspecified atom stereocenters. The molecule has 56 heavy (non-hydrogen) atoms. The molecular weight excluding hydrogens is 719 g/mol. The average molecular weight is 757 g/mol. The molecule has 4 aromatic carbocycles. The lowest BCUT2D eigenvalue weighted by atomic mass is 10.0. The van der Waals surface area contributed by atoms with Crippen molar-refractivity contribution >= 4 is 56.2 Å². The van der Waals surface area contributed by atoms with Crippen molar-refractivity contribution in [2.24, 2.45) is 9.98 Å². The van der Waals surface area contributed by atoms with Gasteiger partial charge >= 0.3 is 0 Å². The number of likely N-dealkylation sites (tertiary alicyclic amines) is 1. The number of fused-ring (bicyclic) bond motifs is 4. The summed E-state index contributed by atoms with van der Waals surface area (Å²) < 4.78 is 35.9. The van der Waals surface area contributed by atoms with E-state index in [1.807, 2.05) is 82.3 Å². The minimum Gasteiger partial charge on any atom is -0.494 e. The van der Waals surface area contributed by atoms with Crippen molar-refractivity contribution in [2.45, 2.75) is 32.1 Å².